The molecule has 0 aliphatic rings. The van der Waals surface area contributed by atoms with Crippen molar-refractivity contribution in [3.05, 3.63) is 36.1 Å². The van der Waals surface area contributed by atoms with Gasteiger partial charge in [0, 0.05) is 22.9 Å². The van der Waals surface area contributed by atoms with Crippen molar-refractivity contribution in [2.45, 2.75) is 32.1 Å². The second-order valence-electron chi connectivity index (χ2n) is 5.70. The SMILES string of the molecule is CC(C)(CNCCCCN)c1coc2ccccc12. The number of furan rings is 1. The van der Waals surface area contributed by atoms with Gasteiger partial charge in [0.1, 0.15) is 5.58 Å². The van der Waals surface area contributed by atoms with Gasteiger partial charge in [-0.1, -0.05) is 32.0 Å². The number of fused-ring (bicyclic) bond motifs is 1. The van der Waals surface area contributed by atoms with Crippen LogP contribution in [-0.4, -0.2) is 19.6 Å². The van der Waals surface area contributed by atoms with E-state index < -0.39 is 0 Å². The zero-order valence-electron chi connectivity index (χ0n) is 11.9. The number of rotatable bonds is 7. The Morgan fingerprint density at radius 3 is 2.79 bits per heavy atom. The quantitative estimate of drug-likeness (QED) is 0.752. The van der Waals surface area contributed by atoms with E-state index in [0.29, 0.717) is 0 Å². The molecule has 3 nitrogen and oxygen atoms in total. The first kappa shape index (κ1) is 14.1. The summed E-state index contributed by atoms with van der Waals surface area (Å²) in [6.45, 7) is 7.25. The van der Waals surface area contributed by atoms with Gasteiger partial charge in [0.25, 0.3) is 0 Å². The van der Waals surface area contributed by atoms with Crippen LogP contribution >= 0.6 is 0 Å². The average Bonchev–Trinajstić information content (AvgIpc) is 2.83. The summed E-state index contributed by atoms with van der Waals surface area (Å²) in [6.07, 6.45) is 4.12. The number of hydrogen-bond acceptors (Lipinski definition) is 3. The lowest BCUT2D eigenvalue weighted by Gasteiger charge is -2.24. The molecule has 0 saturated carbocycles. The van der Waals surface area contributed by atoms with Crippen LogP contribution < -0.4 is 11.1 Å². The zero-order chi connectivity index (χ0) is 13.7. The van der Waals surface area contributed by atoms with Crippen LogP contribution in [0.3, 0.4) is 0 Å². The van der Waals surface area contributed by atoms with Crippen molar-refractivity contribution < 1.29 is 4.42 Å². The van der Waals surface area contributed by atoms with Gasteiger partial charge in [-0.15, -0.1) is 0 Å². The van der Waals surface area contributed by atoms with Crippen molar-refractivity contribution in [2.75, 3.05) is 19.6 Å². The fourth-order valence-corrected chi connectivity index (χ4v) is 2.39. The van der Waals surface area contributed by atoms with Crippen molar-refractivity contribution in [1.29, 1.82) is 0 Å². The number of unbranched alkanes of at least 4 members (excludes halogenated alkanes) is 1. The molecule has 0 aliphatic carbocycles. The van der Waals surface area contributed by atoms with Crippen LogP contribution in [0.15, 0.2) is 34.9 Å². The van der Waals surface area contributed by atoms with Gasteiger partial charge in [-0.2, -0.15) is 0 Å². The smallest absolute Gasteiger partial charge is 0.134 e. The number of hydrogen-bond donors (Lipinski definition) is 2. The number of nitrogens with two attached hydrogens (primary N) is 1. The Bertz CT molecular complexity index is 516. The van der Waals surface area contributed by atoms with E-state index in [1.165, 1.54) is 10.9 Å². The Labute approximate surface area is 115 Å². The normalized spacial score (nSPS) is 12.2. The molecule has 0 radical (unpaired) electrons. The Morgan fingerprint density at radius 2 is 2.00 bits per heavy atom. The first-order valence-corrected chi connectivity index (χ1v) is 7.02. The number of nitrogens with one attached hydrogen (secondary N) is 1. The third-order valence-electron chi connectivity index (χ3n) is 3.58. The fourth-order valence-electron chi connectivity index (χ4n) is 2.39. The van der Waals surface area contributed by atoms with Gasteiger partial charge < -0.3 is 15.5 Å². The second-order valence-corrected chi connectivity index (χ2v) is 5.70. The largest absolute Gasteiger partial charge is 0.464 e. The Morgan fingerprint density at radius 1 is 1.21 bits per heavy atom. The van der Waals surface area contributed by atoms with E-state index in [9.17, 15) is 0 Å². The molecule has 0 amide bonds. The maximum Gasteiger partial charge on any atom is 0.134 e. The highest BCUT2D eigenvalue weighted by Crippen LogP contribution is 2.31. The van der Waals surface area contributed by atoms with E-state index in [1.54, 1.807) is 0 Å². The predicted octanol–water partition coefficient (Wildman–Crippen LogP) is 3.04. The molecule has 0 bridgehead atoms. The summed E-state index contributed by atoms with van der Waals surface area (Å²) in [5.74, 6) is 0. The van der Waals surface area contributed by atoms with Crippen molar-refractivity contribution in [3.63, 3.8) is 0 Å². The van der Waals surface area contributed by atoms with E-state index in [2.05, 4.69) is 31.3 Å². The summed E-state index contributed by atoms with van der Waals surface area (Å²) in [7, 11) is 0. The summed E-state index contributed by atoms with van der Waals surface area (Å²) in [4.78, 5) is 0. The summed E-state index contributed by atoms with van der Waals surface area (Å²) in [5.41, 5.74) is 7.80. The number of benzene rings is 1. The minimum absolute atomic E-state index is 0.0648. The molecule has 0 aliphatic heterocycles. The molecular formula is C16H24N2O. The van der Waals surface area contributed by atoms with Crippen LogP contribution in [0.5, 0.6) is 0 Å². The first-order chi connectivity index (χ1) is 9.15. The molecule has 104 valence electrons. The van der Waals surface area contributed by atoms with Crippen LogP contribution in [0, 0.1) is 0 Å². The van der Waals surface area contributed by atoms with Gasteiger partial charge in [-0.25, -0.2) is 0 Å². The summed E-state index contributed by atoms with van der Waals surface area (Å²) >= 11 is 0. The van der Waals surface area contributed by atoms with E-state index >= 15 is 0 Å². The first-order valence-electron chi connectivity index (χ1n) is 7.02. The highest BCUT2D eigenvalue weighted by molar-refractivity contribution is 5.82. The Balaban J connectivity index is 2.02. The van der Waals surface area contributed by atoms with Crippen molar-refractivity contribution >= 4 is 11.0 Å². The molecule has 0 spiro atoms. The summed E-state index contributed by atoms with van der Waals surface area (Å²) in [6, 6.07) is 8.22. The zero-order valence-corrected chi connectivity index (χ0v) is 11.9. The van der Waals surface area contributed by atoms with E-state index in [0.717, 1.165) is 38.1 Å². The molecule has 19 heavy (non-hydrogen) atoms. The maximum atomic E-state index is 5.64. The minimum atomic E-state index is 0.0648. The molecule has 0 unspecified atom stereocenters. The van der Waals surface area contributed by atoms with Gasteiger partial charge in [0.15, 0.2) is 0 Å². The van der Waals surface area contributed by atoms with Gasteiger partial charge in [-0.05, 0) is 32.0 Å². The van der Waals surface area contributed by atoms with E-state index in [4.69, 9.17) is 10.2 Å². The molecule has 2 rings (SSSR count). The average molecular weight is 260 g/mol. The molecule has 0 fully saturated rings. The molecule has 3 N–H and O–H groups in total. The van der Waals surface area contributed by atoms with Gasteiger partial charge in [-0.3, -0.25) is 0 Å². The molecule has 2 aromatic rings. The Kier molecular flexibility index (Phi) is 4.61. The summed E-state index contributed by atoms with van der Waals surface area (Å²) < 4.78 is 5.64. The minimum Gasteiger partial charge on any atom is -0.464 e. The molecule has 0 saturated heterocycles. The third kappa shape index (κ3) is 3.37. The predicted molar refractivity (Wildman–Crippen MR) is 80.4 cm³/mol. The molecule has 1 aromatic heterocycles. The highest BCUT2D eigenvalue weighted by Gasteiger charge is 2.24. The van der Waals surface area contributed by atoms with Crippen LogP contribution in [0.1, 0.15) is 32.3 Å². The summed E-state index contributed by atoms with van der Waals surface area (Å²) in [5, 5.41) is 4.73. The molecule has 1 aromatic carbocycles. The van der Waals surface area contributed by atoms with E-state index in [-0.39, 0.29) is 5.41 Å². The highest BCUT2D eigenvalue weighted by atomic mass is 16.3. The van der Waals surface area contributed by atoms with Crippen molar-refractivity contribution in [1.82, 2.24) is 5.32 Å². The second kappa shape index (κ2) is 6.22. The van der Waals surface area contributed by atoms with Gasteiger partial charge >= 0.3 is 0 Å². The standard InChI is InChI=1S/C16H24N2O/c1-16(2,12-18-10-6-5-9-17)14-11-19-15-8-4-3-7-13(14)15/h3-4,7-8,11,18H,5-6,9-10,12,17H2,1-2H3. The van der Waals surface area contributed by atoms with Crippen molar-refractivity contribution in [2.24, 2.45) is 5.73 Å². The fraction of sp³-hybridized carbons (Fsp3) is 0.500. The topological polar surface area (TPSA) is 51.2 Å². The molecule has 3 heteroatoms. The molecule has 0 atom stereocenters. The lowest BCUT2D eigenvalue weighted by Crippen LogP contribution is -2.33. The van der Waals surface area contributed by atoms with Crippen molar-refractivity contribution in [3.8, 4) is 0 Å². The molecule has 1 heterocycles. The lowest BCUT2D eigenvalue weighted by molar-refractivity contribution is 0.459. The van der Waals surface area contributed by atoms with Crippen LogP contribution in [0.4, 0.5) is 0 Å². The van der Waals surface area contributed by atoms with E-state index in [1.807, 2.05) is 18.4 Å². The van der Waals surface area contributed by atoms with Gasteiger partial charge in [0.2, 0.25) is 0 Å². The van der Waals surface area contributed by atoms with Crippen LogP contribution in [-0.2, 0) is 5.41 Å². The Hall–Kier alpha value is -1.32. The van der Waals surface area contributed by atoms with Crippen LogP contribution in [0.2, 0.25) is 0 Å². The van der Waals surface area contributed by atoms with Gasteiger partial charge in [0.05, 0.1) is 6.26 Å². The maximum absolute atomic E-state index is 5.64. The monoisotopic (exact) mass is 260 g/mol. The van der Waals surface area contributed by atoms with Crippen LogP contribution in [0.25, 0.3) is 11.0 Å². The number of para-hydroxylation sites is 1. The third-order valence-corrected chi connectivity index (χ3v) is 3.58. The lowest BCUT2D eigenvalue weighted by atomic mass is 9.84. The molecular weight excluding hydrogens is 236 g/mol.